The van der Waals surface area contributed by atoms with Crippen molar-refractivity contribution in [3.05, 3.63) is 0 Å². The molecule has 1 amide bonds. The molecule has 116 valence electrons. The Morgan fingerprint density at radius 2 is 1.89 bits per heavy atom. The van der Waals surface area contributed by atoms with Crippen molar-refractivity contribution in [1.29, 1.82) is 0 Å². The number of ketones is 1. The highest BCUT2D eigenvalue weighted by Gasteiger charge is 2.48. The van der Waals surface area contributed by atoms with Gasteiger partial charge in [-0.05, 0) is 32.1 Å². The number of carbonyl (C=O) groups is 2. The molecular formula is C15H34N2O2. The number of hydrogen-bond acceptors (Lipinski definition) is 3. The number of Topliss-reactive ketones (excluding diaryl/α,β-unsaturated/α-hetero) is 1. The summed E-state index contributed by atoms with van der Waals surface area (Å²) in [5.41, 5.74) is 5.30. The molecule has 0 aromatic rings. The number of unbranched alkanes of at least 4 members (excludes halogenated alkanes) is 1. The van der Waals surface area contributed by atoms with Crippen molar-refractivity contribution in [2.75, 3.05) is 6.54 Å². The van der Waals surface area contributed by atoms with Crippen LogP contribution in [0.4, 0.5) is 0 Å². The molecule has 19 heavy (non-hydrogen) atoms. The first-order valence-corrected chi connectivity index (χ1v) is 7.36. The van der Waals surface area contributed by atoms with E-state index in [4.69, 9.17) is 5.73 Å². The molecule has 1 rings (SSSR count). The van der Waals surface area contributed by atoms with Crippen LogP contribution in [0.15, 0.2) is 0 Å². The lowest BCUT2D eigenvalue weighted by molar-refractivity contribution is -0.128. The molecular weight excluding hydrogens is 240 g/mol. The largest absolute Gasteiger partial charge is 0.356 e. The highest BCUT2D eigenvalue weighted by Crippen LogP contribution is 2.41. The lowest BCUT2D eigenvalue weighted by Crippen LogP contribution is -2.47. The summed E-state index contributed by atoms with van der Waals surface area (Å²) in [6.45, 7) is 10.1. The Bertz CT molecular complexity index is 323. The SMILES string of the molecule is CC.CC(=O)NCCCC[C@@]1(N)CCC(C)(C)C1=O.[HH].[HH]. The minimum Gasteiger partial charge on any atom is -0.356 e. The maximum absolute atomic E-state index is 12.1. The van der Waals surface area contributed by atoms with E-state index in [1.807, 2.05) is 27.7 Å². The highest BCUT2D eigenvalue weighted by atomic mass is 16.1. The van der Waals surface area contributed by atoms with Gasteiger partial charge in [0, 0.05) is 21.7 Å². The number of nitrogens with one attached hydrogen (secondary N) is 1. The average Bonchev–Trinajstić information content (AvgIpc) is 2.56. The molecule has 4 heteroatoms. The zero-order valence-electron chi connectivity index (χ0n) is 13.1. The molecule has 1 atom stereocenters. The molecule has 1 aliphatic carbocycles. The maximum Gasteiger partial charge on any atom is 0.216 e. The Balaban J connectivity index is -0.000000774. The van der Waals surface area contributed by atoms with Gasteiger partial charge < -0.3 is 11.1 Å². The van der Waals surface area contributed by atoms with Crippen LogP contribution in [0.5, 0.6) is 0 Å². The fourth-order valence-corrected chi connectivity index (χ4v) is 2.50. The van der Waals surface area contributed by atoms with Crippen molar-refractivity contribution in [1.82, 2.24) is 5.32 Å². The van der Waals surface area contributed by atoms with Gasteiger partial charge in [-0.2, -0.15) is 0 Å². The van der Waals surface area contributed by atoms with Crippen LogP contribution < -0.4 is 11.1 Å². The van der Waals surface area contributed by atoms with E-state index in [-0.39, 0.29) is 20.0 Å². The molecule has 0 aromatic heterocycles. The first-order valence-electron chi connectivity index (χ1n) is 7.36. The van der Waals surface area contributed by atoms with Gasteiger partial charge in [-0.1, -0.05) is 27.7 Å². The number of hydrogen-bond donors (Lipinski definition) is 2. The molecule has 1 fully saturated rings. The molecule has 1 aliphatic rings. The first-order chi connectivity index (χ1) is 8.78. The van der Waals surface area contributed by atoms with Gasteiger partial charge in [0.05, 0.1) is 5.54 Å². The lowest BCUT2D eigenvalue weighted by atomic mass is 9.84. The zero-order chi connectivity index (χ0) is 15.1. The van der Waals surface area contributed by atoms with Crippen LogP contribution in [0.1, 0.15) is 69.6 Å². The fraction of sp³-hybridized carbons (Fsp3) is 0.867. The van der Waals surface area contributed by atoms with E-state index >= 15 is 0 Å². The standard InChI is InChI=1S/C13H24N2O2.C2H6.2H2/c1-10(16)15-9-5-4-6-13(14)8-7-12(2,3)11(13)17;1-2;;/h4-9,14H2,1-3H3,(H,15,16);1-2H3;2*1H/t13-;;;/m1.../s1. The second-order valence-corrected chi connectivity index (χ2v) is 5.81. The third-order valence-electron chi connectivity index (χ3n) is 3.69. The average molecular weight is 274 g/mol. The maximum atomic E-state index is 12.1. The Kier molecular flexibility index (Phi) is 7.27. The summed E-state index contributed by atoms with van der Waals surface area (Å²) in [5.74, 6) is 0.190. The van der Waals surface area contributed by atoms with Crippen LogP contribution in [0, 0.1) is 5.41 Å². The van der Waals surface area contributed by atoms with Gasteiger partial charge in [0.1, 0.15) is 0 Å². The smallest absolute Gasteiger partial charge is 0.216 e. The molecule has 0 unspecified atom stereocenters. The molecule has 0 saturated heterocycles. The van der Waals surface area contributed by atoms with Crippen LogP contribution >= 0.6 is 0 Å². The van der Waals surface area contributed by atoms with E-state index in [1.165, 1.54) is 6.92 Å². The molecule has 0 aromatic carbocycles. The number of nitrogens with two attached hydrogens (primary N) is 1. The van der Waals surface area contributed by atoms with E-state index in [1.54, 1.807) is 0 Å². The second kappa shape index (κ2) is 7.63. The third-order valence-corrected chi connectivity index (χ3v) is 3.69. The van der Waals surface area contributed by atoms with Gasteiger partial charge in [0.15, 0.2) is 5.78 Å². The number of carbonyl (C=O) groups excluding carboxylic acids is 2. The van der Waals surface area contributed by atoms with Crippen LogP contribution in [-0.4, -0.2) is 23.8 Å². The summed E-state index contributed by atoms with van der Waals surface area (Å²) in [5, 5.41) is 2.75. The van der Waals surface area contributed by atoms with Crippen molar-refractivity contribution < 1.29 is 12.4 Å². The molecule has 0 radical (unpaired) electrons. The minimum absolute atomic E-state index is 0. The molecule has 0 heterocycles. The summed E-state index contributed by atoms with van der Waals surface area (Å²) < 4.78 is 0. The summed E-state index contributed by atoms with van der Waals surface area (Å²) in [7, 11) is 0. The second-order valence-electron chi connectivity index (χ2n) is 5.81. The van der Waals surface area contributed by atoms with Gasteiger partial charge in [0.25, 0.3) is 0 Å². The number of rotatable bonds is 5. The third kappa shape index (κ3) is 5.31. The van der Waals surface area contributed by atoms with Gasteiger partial charge in [-0.15, -0.1) is 0 Å². The zero-order valence-corrected chi connectivity index (χ0v) is 13.1. The van der Waals surface area contributed by atoms with Gasteiger partial charge in [-0.25, -0.2) is 0 Å². The minimum atomic E-state index is -0.625. The first kappa shape index (κ1) is 18.1. The normalized spacial score (nSPS) is 24.6. The van der Waals surface area contributed by atoms with Crippen molar-refractivity contribution in [2.24, 2.45) is 11.1 Å². The molecule has 4 nitrogen and oxygen atoms in total. The van der Waals surface area contributed by atoms with Crippen LogP contribution in [0.2, 0.25) is 0 Å². The summed E-state index contributed by atoms with van der Waals surface area (Å²) >= 11 is 0. The molecule has 0 bridgehead atoms. The van der Waals surface area contributed by atoms with Crippen molar-refractivity contribution in [3.63, 3.8) is 0 Å². The van der Waals surface area contributed by atoms with E-state index < -0.39 is 5.54 Å². The van der Waals surface area contributed by atoms with Crippen molar-refractivity contribution in [2.45, 2.75) is 72.3 Å². The number of amides is 1. The Hall–Kier alpha value is -0.900. The Labute approximate surface area is 120 Å². The monoisotopic (exact) mass is 274 g/mol. The van der Waals surface area contributed by atoms with E-state index in [0.29, 0.717) is 6.54 Å². The van der Waals surface area contributed by atoms with Crippen LogP contribution in [0.3, 0.4) is 0 Å². The van der Waals surface area contributed by atoms with Gasteiger partial charge in [-0.3, -0.25) is 9.59 Å². The summed E-state index contributed by atoms with van der Waals surface area (Å²) in [6, 6.07) is 0. The quantitative estimate of drug-likeness (QED) is 0.757. The molecule has 0 spiro atoms. The predicted molar refractivity (Wildman–Crippen MR) is 83.1 cm³/mol. The highest BCUT2D eigenvalue weighted by molar-refractivity contribution is 5.94. The van der Waals surface area contributed by atoms with E-state index in [9.17, 15) is 9.59 Å². The van der Waals surface area contributed by atoms with Crippen LogP contribution in [-0.2, 0) is 9.59 Å². The van der Waals surface area contributed by atoms with Gasteiger partial charge >= 0.3 is 0 Å². The molecule has 1 saturated carbocycles. The Morgan fingerprint density at radius 1 is 1.32 bits per heavy atom. The Morgan fingerprint density at radius 3 is 2.32 bits per heavy atom. The summed E-state index contributed by atoms with van der Waals surface area (Å²) in [6.07, 6.45) is 4.17. The molecule has 3 N–H and O–H groups in total. The van der Waals surface area contributed by atoms with Crippen molar-refractivity contribution in [3.8, 4) is 0 Å². The van der Waals surface area contributed by atoms with E-state index in [0.717, 1.165) is 32.1 Å². The van der Waals surface area contributed by atoms with Crippen LogP contribution in [0.25, 0.3) is 0 Å². The summed E-state index contributed by atoms with van der Waals surface area (Å²) in [4.78, 5) is 22.8. The predicted octanol–water partition coefficient (Wildman–Crippen LogP) is 2.90. The lowest BCUT2D eigenvalue weighted by Gasteiger charge is -2.24. The van der Waals surface area contributed by atoms with Crippen molar-refractivity contribution >= 4 is 11.7 Å². The van der Waals surface area contributed by atoms with E-state index in [2.05, 4.69) is 5.32 Å². The fourth-order valence-electron chi connectivity index (χ4n) is 2.50. The topological polar surface area (TPSA) is 72.2 Å². The molecule has 0 aliphatic heterocycles. The van der Waals surface area contributed by atoms with Gasteiger partial charge in [0.2, 0.25) is 5.91 Å².